The minimum Gasteiger partial charge on any atom is -0.373 e. The van der Waals surface area contributed by atoms with Crippen LogP contribution in [0.3, 0.4) is 0 Å². The summed E-state index contributed by atoms with van der Waals surface area (Å²) in [5.74, 6) is 2.07. The Labute approximate surface area is 107 Å². The number of hydrogen-bond donors (Lipinski definition) is 2. The van der Waals surface area contributed by atoms with Crippen LogP contribution in [-0.4, -0.2) is 17.0 Å². The van der Waals surface area contributed by atoms with E-state index in [4.69, 9.17) is 0 Å². The lowest BCUT2D eigenvalue weighted by Gasteiger charge is -2.14. The minimum absolute atomic E-state index is 0.472. The van der Waals surface area contributed by atoms with Crippen molar-refractivity contribution in [3.63, 3.8) is 0 Å². The summed E-state index contributed by atoms with van der Waals surface area (Å²) in [5.41, 5.74) is 2.37. The topological polar surface area (TPSA) is 49.8 Å². The monoisotopic (exact) mass is 242 g/mol. The zero-order valence-corrected chi connectivity index (χ0v) is 10.9. The van der Waals surface area contributed by atoms with Gasteiger partial charge in [-0.1, -0.05) is 32.0 Å². The highest BCUT2D eigenvalue weighted by atomic mass is 15.1. The standard InChI is InChI=1S/C14H18N4/c1-10(2)11-6-4-5-7-12(11)18-14-8-13(15-3)16-9-17-14/h4-10H,1-3H3,(H2,15,16,17,18). The number of nitrogens with zero attached hydrogens (tertiary/aromatic N) is 2. The number of benzene rings is 1. The normalized spacial score (nSPS) is 10.4. The molecule has 1 aromatic carbocycles. The van der Waals surface area contributed by atoms with E-state index in [1.165, 1.54) is 5.56 Å². The highest BCUT2D eigenvalue weighted by Gasteiger charge is 2.06. The van der Waals surface area contributed by atoms with Gasteiger partial charge in [-0.2, -0.15) is 0 Å². The first-order valence-electron chi connectivity index (χ1n) is 6.06. The Morgan fingerprint density at radius 1 is 1.06 bits per heavy atom. The molecule has 2 aromatic rings. The first-order chi connectivity index (χ1) is 8.70. The van der Waals surface area contributed by atoms with Gasteiger partial charge in [0.05, 0.1) is 0 Å². The van der Waals surface area contributed by atoms with Crippen LogP contribution >= 0.6 is 0 Å². The summed E-state index contributed by atoms with van der Waals surface area (Å²) in [7, 11) is 1.84. The smallest absolute Gasteiger partial charge is 0.135 e. The molecule has 4 heteroatoms. The lowest BCUT2D eigenvalue weighted by atomic mass is 10.0. The molecular weight excluding hydrogens is 224 g/mol. The van der Waals surface area contributed by atoms with Crippen molar-refractivity contribution in [2.45, 2.75) is 19.8 Å². The van der Waals surface area contributed by atoms with E-state index in [1.807, 2.05) is 19.2 Å². The van der Waals surface area contributed by atoms with Crippen molar-refractivity contribution in [2.75, 3.05) is 17.7 Å². The molecule has 0 aliphatic rings. The summed E-state index contributed by atoms with van der Waals surface area (Å²) in [6, 6.07) is 10.2. The zero-order valence-electron chi connectivity index (χ0n) is 10.9. The quantitative estimate of drug-likeness (QED) is 0.863. The predicted molar refractivity (Wildman–Crippen MR) is 75.4 cm³/mol. The van der Waals surface area contributed by atoms with Crippen molar-refractivity contribution in [2.24, 2.45) is 0 Å². The van der Waals surface area contributed by atoms with Crippen LogP contribution in [0.4, 0.5) is 17.3 Å². The third-order valence-corrected chi connectivity index (χ3v) is 2.77. The molecule has 0 amide bonds. The summed E-state index contributed by atoms with van der Waals surface area (Å²) >= 11 is 0. The largest absolute Gasteiger partial charge is 0.373 e. The van der Waals surface area contributed by atoms with Gasteiger partial charge in [-0.3, -0.25) is 0 Å². The second kappa shape index (κ2) is 5.49. The Kier molecular flexibility index (Phi) is 3.77. The third kappa shape index (κ3) is 2.77. The number of nitrogens with one attached hydrogen (secondary N) is 2. The summed E-state index contributed by atoms with van der Waals surface area (Å²) in [6.07, 6.45) is 1.55. The van der Waals surface area contributed by atoms with Crippen LogP contribution in [0.2, 0.25) is 0 Å². The molecule has 0 atom stereocenters. The zero-order chi connectivity index (χ0) is 13.0. The fraction of sp³-hybridized carbons (Fsp3) is 0.286. The van der Waals surface area contributed by atoms with Gasteiger partial charge in [0.1, 0.15) is 18.0 Å². The number of para-hydroxylation sites is 1. The van der Waals surface area contributed by atoms with E-state index in [0.717, 1.165) is 17.3 Å². The minimum atomic E-state index is 0.472. The molecule has 0 radical (unpaired) electrons. The van der Waals surface area contributed by atoms with Gasteiger partial charge in [0, 0.05) is 18.8 Å². The molecular formula is C14H18N4. The van der Waals surface area contributed by atoms with E-state index in [9.17, 15) is 0 Å². The highest BCUT2D eigenvalue weighted by molar-refractivity contribution is 5.62. The van der Waals surface area contributed by atoms with Crippen molar-refractivity contribution >= 4 is 17.3 Å². The fourth-order valence-electron chi connectivity index (χ4n) is 1.81. The van der Waals surface area contributed by atoms with Gasteiger partial charge in [-0.25, -0.2) is 9.97 Å². The molecule has 2 N–H and O–H groups in total. The van der Waals surface area contributed by atoms with Crippen molar-refractivity contribution < 1.29 is 0 Å². The molecule has 1 aromatic heterocycles. The van der Waals surface area contributed by atoms with E-state index >= 15 is 0 Å². The first-order valence-corrected chi connectivity index (χ1v) is 6.06. The number of rotatable bonds is 4. The Hall–Kier alpha value is -2.10. The van der Waals surface area contributed by atoms with Gasteiger partial charge in [0.25, 0.3) is 0 Å². The number of hydrogen-bond acceptors (Lipinski definition) is 4. The van der Waals surface area contributed by atoms with Gasteiger partial charge in [0.15, 0.2) is 0 Å². The molecule has 94 valence electrons. The summed E-state index contributed by atoms with van der Waals surface area (Å²) in [5, 5.41) is 6.34. The number of anilines is 3. The second-order valence-electron chi connectivity index (χ2n) is 4.41. The molecule has 4 nitrogen and oxygen atoms in total. The van der Waals surface area contributed by atoms with E-state index in [0.29, 0.717) is 5.92 Å². The van der Waals surface area contributed by atoms with E-state index in [-0.39, 0.29) is 0 Å². The molecule has 1 heterocycles. The maximum atomic E-state index is 4.22. The molecule has 18 heavy (non-hydrogen) atoms. The van der Waals surface area contributed by atoms with Crippen LogP contribution in [0.5, 0.6) is 0 Å². The first kappa shape index (κ1) is 12.4. The summed E-state index contributed by atoms with van der Waals surface area (Å²) in [6.45, 7) is 4.36. The molecule has 0 saturated carbocycles. The van der Waals surface area contributed by atoms with Gasteiger partial charge >= 0.3 is 0 Å². The Morgan fingerprint density at radius 2 is 1.78 bits per heavy atom. The average Bonchev–Trinajstić information content (AvgIpc) is 2.39. The fourth-order valence-corrected chi connectivity index (χ4v) is 1.81. The van der Waals surface area contributed by atoms with Gasteiger partial charge in [0.2, 0.25) is 0 Å². The second-order valence-corrected chi connectivity index (χ2v) is 4.41. The molecule has 0 spiro atoms. The lowest BCUT2D eigenvalue weighted by Crippen LogP contribution is -2.01. The maximum absolute atomic E-state index is 4.22. The molecule has 0 saturated heterocycles. The molecule has 0 fully saturated rings. The van der Waals surface area contributed by atoms with Gasteiger partial charge < -0.3 is 10.6 Å². The lowest BCUT2D eigenvalue weighted by molar-refractivity contribution is 0.869. The van der Waals surface area contributed by atoms with Crippen LogP contribution in [0, 0.1) is 0 Å². The molecule has 0 aliphatic heterocycles. The average molecular weight is 242 g/mol. The number of aromatic nitrogens is 2. The van der Waals surface area contributed by atoms with Crippen LogP contribution in [0.15, 0.2) is 36.7 Å². The predicted octanol–water partition coefficient (Wildman–Crippen LogP) is 3.39. The van der Waals surface area contributed by atoms with Crippen LogP contribution in [0.1, 0.15) is 25.3 Å². The maximum Gasteiger partial charge on any atom is 0.135 e. The summed E-state index contributed by atoms with van der Waals surface area (Å²) < 4.78 is 0. The van der Waals surface area contributed by atoms with E-state index < -0.39 is 0 Å². The Balaban J connectivity index is 2.28. The molecule has 0 unspecified atom stereocenters. The molecule has 0 aliphatic carbocycles. The van der Waals surface area contributed by atoms with Crippen molar-refractivity contribution in [1.29, 1.82) is 0 Å². The Bertz CT molecular complexity index is 523. The van der Waals surface area contributed by atoms with E-state index in [1.54, 1.807) is 6.33 Å². The van der Waals surface area contributed by atoms with Crippen LogP contribution in [0.25, 0.3) is 0 Å². The molecule has 0 bridgehead atoms. The van der Waals surface area contributed by atoms with Crippen molar-refractivity contribution in [1.82, 2.24) is 9.97 Å². The van der Waals surface area contributed by atoms with Crippen LogP contribution < -0.4 is 10.6 Å². The molecule has 2 rings (SSSR count). The van der Waals surface area contributed by atoms with Gasteiger partial charge in [-0.05, 0) is 17.5 Å². The van der Waals surface area contributed by atoms with E-state index in [2.05, 4.69) is 52.6 Å². The van der Waals surface area contributed by atoms with Crippen molar-refractivity contribution in [3.05, 3.63) is 42.2 Å². The van der Waals surface area contributed by atoms with Crippen LogP contribution in [-0.2, 0) is 0 Å². The van der Waals surface area contributed by atoms with Crippen molar-refractivity contribution in [3.8, 4) is 0 Å². The highest BCUT2D eigenvalue weighted by Crippen LogP contribution is 2.26. The summed E-state index contributed by atoms with van der Waals surface area (Å²) in [4.78, 5) is 8.32. The Morgan fingerprint density at radius 3 is 2.50 bits per heavy atom. The van der Waals surface area contributed by atoms with Gasteiger partial charge in [-0.15, -0.1) is 0 Å². The SMILES string of the molecule is CNc1cc(Nc2ccccc2C(C)C)ncn1. The third-order valence-electron chi connectivity index (χ3n) is 2.77.